The maximum atomic E-state index is 11.9. The molecule has 0 atom stereocenters. The van der Waals surface area contributed by atoms with Crippen LogP contribution in [0.4, 0.5) is 11.5 Å². The van der Waals surface area contributed by atoms with E-state index in [0.717, 1.165) is 12.7 Å². The molecular formula is C11H17N5O3. The highest BCUT2D eigenvalue weighted by Crippen LogP contribution is 2.18. The van der Waals surface area contributed by atoms with Gasteiger partial charge >= 0.3 is 0 Å². The van der Waals surface area contributed by atoms with Gasteiger partial charge in [-0.1, -0.05) is 6.92 Å². The van der Waals surface area contributed by atoms with Gasteiger partial charge in [-0.15, -0.1) is 0 Å². The Bertz CT molecular complexity index is 477. The Balaban J connectivity index is 2.76. The van der Waals surface area contributed by atoms with E-state index in [-0.39, 0.29) is 17.1 Å². The van der Waals surface area contributed by atoms with Gasteiger partial charge in [-0.05, 0) is 19.7 Å². The van der Waals surface area contributed by atoms with Gasteiger partial charge in [0.05, 0.1) is 4.92 Å². The molecule has 3 N–H and O–H groups in total. The molecule has 0 aliphatic heterocycles. The summed E-state index contributed by atoms with van der Waals surface area (Å²) in [5.74, 6) is -0.452. The first-order chi connectivity index (χ1) is 8.95. The molecule has 1 aromatic rings. The fraction of sp³-hybridized carbons (Fsp3) is 0.455. The molecule has 1 amide bonds. The molecule has 0 saturated carbocycles. The lowest BCUT2D eigenvalue weighted by atomic mass is 10.2. The van der Waals surface area contributed by atoms with Crippen molar-refractivity contribution in [2.45, 2.75) is 6.92 Å². The summed E-state index contributed by atoms with van der Waals surface area (Å²) in [6, 6.07) is 1.21. The summed E-state index contributed by atoms with van der Waals surface area (Å²) in [5, 5.41) is 13.4. The highest BCUT2D eigenvalue weighted by Gasteiger charge is 2.20. The summed E-state index contributed by atoms with van der Waals surface area (Å²) < 4.78 is 0. The summed E-state index contributed by atoms with van der Waals surface area (Å²) in [6.45, 7) is 3.92. The van der Waals surface area contributed by atoms with Gasteiger partial charge in [0, 0.05) is 13.1 Å². The van der Waals surface area contributed by atoms with Crippen LogP contribution in [0, 0.1) is 10.1 Å². The van der Waals surface area contributed by atoms with Crippen molar-refractivity contribution in [3.63, 3.8) is 0 Å². The third kappa shape index (κ3) is 4.18. The number of likely N-dealkylation sites (N-methyl/N-ethyl adjacent to an activating group) is 1. The SMILES string of the molecule is CCN(C)CCNC(=O)c1cc(N)ncc1[N+](=O)[O-]. The molecule has 0 unspecified atom stereocenters. The van der Waals surface area contributed by atoms with Gasteiger partial charge in [-0.2, -0.15) is 0 Å². The average molecular weight is 267 g/mol. The second-order valence-corrected chi connectivity index (χ2v) is 4.04. The molecule has 8 nitrogen and oxygen atoms in total. The molecule has 1 aromatic heterocycles. The predicted molar refractivity (Wildman–Crippen MR) is 70.8 cm³/mol. The van der Waals surface area contributed by atoms with Crippen LogP contribution >= 0.6 is 0 Å². The lowest BCUT2D eigenvalue weighted by molar-refractivity contribution is -0.385. The first kappa shape index (κ1) is 14.8. The van der Waals surface area contributed by atoms with Crippen molar-refractivity contribution in [2.75, 3.05) is 32.4 Å². The van der Waals surface area contributed by atoms with E-state index >= 15 is 0 Å². The van der Waals surface area contributed by atoms with E-state index in [1.165, 1.54) is 6.07 Å². The smallest absolute Gasteiger partial charge is 0.300 e. The summed E-state index contributed by atoms with van der Waals surface area (Å²) >= 11 is 0. The zero-order valence-corrected chi connectivity index (χ0v) is 10.9. The lowest BCUT2D eigenvalue weighted by Gasteiger charge is -2.14. The van der Waals surface area contributed by atoms with Crippen LogP contribution in [-0.2, 0) is 0 Å². The molecule has 0 saturated heterocycles. The van der Waals surface area contributed by atoms with Gasteiger partial charge in [-0.3, -0.25) is 14.9 Å². The number of nitrogens with one attached hydrogen (secondary N) is 1. The zero-order valence-electron chi connectivity index (χ0n) is 10.9. The van der Waals surface area contributed by atoms with E-state index in [9.17, 15) is 14.9 Å². The van der Waals surface area contributed by atoms with Crippen LogP contribution < -0.4 is 11.1 Å². The zero-order chi connectivity index (χ0) is 14.4. The Morgan fingerprint density at radius 3 is 2.89 bits per heavy atom. The topological polar surface area (TPSA) is 114 Å². The number of aromatic nitrogens is 1. The largest absolute Gasteiger partial charge is 0.384 e. The Morgan fingerprint density at radius 1 is 1.63 bits per heavy atom. The Labute approximate surface area is 110 Å². The number of nitrogens with zero attached hydrogens (tertiary/aromatic N) is 3. The molecule has 0 aromatic carbocycles. The summed E-state index contributed by atoms with van der Waals surface area (Å²) in [4.78, 5) is 27.6. The Kier molecular flexibility index (Phi) is 5.19. The van der Waals surface area contributed by atoms with Crippen LogP contribution in [0.1, 0.15) is 17.3 Å². The first-order valence-electron chi connectivity index (χ1n) is 5.82. The van der Waals surface area contributed by atoms with Crippen molar-refractivity contribution in [3.05, 3.63) is 27.9 Å². The molecule has 104 valence electrons. The highest BCUT2D eigenvalue weighted by atomic mass is 16.6. The first-order valence-corrected chi connectivity index (χ1v) is 5.82. The van der Waals surface area contributed by atoms with Crippen molar-refractivity contribution in [2.24, 2.45) is 0 Å². The van der Waals surface area contributed by atoms with Crippen LogP contribution in [0.2, 0.25) is 0 Å². The van der Waals surface area contributed by atoms with Crippen molar-refractivity contribution < 1.29 is 9.72 Å². The summed E-state index contributed by atoms with van der Waals surface area (Å²) in [7, 11) is 1.92. The van der Waals surface area contributed by atoms with Gasteiger partial charge in [-0.25, -0.2) is 4.98 Å². The molecule has 0 bridgehead atoms. The molecule has 8 heteroatoms. The van der Waals surface area contributed by atoms with E-state index in [0.29, 0.717) is 13.1 Å². The fourth-order valence-electron chi connectivity index (χ4n) is 1.41. The molecule has 0 aliphatic rings. The van der Waals surface area contributed by atoms with E-state index < -0.39 is 10.8 Å². The van der Waals surface area contributed by atoms with Crippen molar-refractivity contribution in [1.82, 2.24) is 15.2 Å². The maximum absolute atomic E-state index is 11.9. The number of nitro groups is 1. The second-order valence-electron chi connectivity index (χ2n) is 4.04. The van der Waals surface area contributed by atoms with Crippen LogP contribution in [0.3, 0.4) is 0 Å². The summed E-state index contributed by atoms with van der Waals surface area (Å²) in [6.07, 6.45) is 0.989. The molecule has 0 aliphatic carbocycles. The molecule has 1 rings (SSSR count). The van der Waals surface area contributed by atoms with Crippen LogP contribution in [0.5, 0.6) is 0 Å². The van der Waals surface area contributed by atoms with E-state index in [1.54, 1.807) is 0 Å². The van der Waals surface area contributed by atoms with Crippen molar-refractivity contribution in [3.8, 4) is 0 Å². The quantitative estimate of drug-likeness (QED) is 0.564. The number of hydrogen-bond donors (Lipinski definition) is 2. The third-order valence-electron chi connectivity index (χ3n) is 2.66. The Hall–Kier alpha value is -2.22. The molecule has 0 spiro atoms. The molecule has 0 radical (unpaired) electrons. The van der Waals surface area contributed by atoms with Crippen molar-refractivity contribution in [1.29, 1.82) is 0 Å². The maximum Gasteiger partial charge on any atom is 0.300 e. The monoisotopic (exact) mass is 267 g/mol. The fourth-order valence-corrected chi connectivity index (χ4v) is 1.41. The number of amides is 1. The standard InChI is InChI=1S/C11H17N5O3/c1-3-15(2)5-4-13-11(17)8-6-10(12)14-7-9(8)16(18)19/h6-7H,3-5H2,1-2H3,(H2,12,14)(H,13,17). The Morgan fingerprint density at radius 2 is 2.32 bits per heavy atom. The minimum absolute atomic E-state index is 0.0708. The predicted octanol–water partition coefficient (Wildman–Crippen LogP) is 0.254. The molecular weight excluding hydrogens is 250 g/mol. The highest BCUT2D eigenvalue weighted by molar-refractivity contribution is 5.98. The van der Waals surface area contributed by atoms with Gasteiger partial charge in [0.2, 0.25) is 0 Å². The van der Waals surface area contributed by atoms with Gasteiger partial charge < -0.3 is 16.0 Å². The van der Waals surface area contributed by atoms with Crippen LogP contribution in [0.15, 0.2) is 12.3 Å². The summed E-state index contributed by atoms with van der Waals surface area (Å²) in [5.41, 5.74) is 5.02. The number of nitrogen functional groups attached to an aromatic ring is 1. The number of hydrogen-bond acceptors (Lipinski definition) is 6. The number of nitrogens with two attached hydrogens (primary N) is 1. The second kappa shape index (κ2) is 6.64. The average Bonchev–Trinajstić information content (AvgIpc) is 2.37. The third-order valence-corrected chi connectivity index (χ3v) is 2.66. The normalized spacial score (nSPS) is 10.5. The van der Waals surface area contributed by atoms with Gasteiger partial charge in [0.15, 0.2) is 0 Å². The molecule has 1 heterocycles. The lowest BCUT2D eigenvalue weighted by Crippen LogP contribution is -2.33. The number of anilines is 1. The molecule has 0 fully saturated rings. The number of carbonyl (C=O) groups excluding carboxylic acids is 1. The van der Waals surface area contributed by atoms with E-state index in [1.807, 2.05) is 18.9 Å². The van der Waals surface area contributed by atoms with E-state index in [2.05, 4.69) is 10.3 Å². The number of carbonyl (C=O) groups is 1. The van der Waals surface area contributed by atoms with E-state index in [4.69, 9.17) is 5.73 Å². The van der Waals surface area contributed by atoms with Gasteiger partial charge in [0.1, 0.15) is 17.6 Å². The van der Waals surface area contributed by atoms with Crippen LogP contribution in [-0.4, -0.2) is 47.4 Å². The van der Waals surface area contributed by atoms with Crippen molar-refractivity contribution >= 4 is 17.4 Å². The van der Waals surface area contributed by atoms with Gasteiger partial charge in [0.25, 0.3) is 11.6 Å². The minimum atomic E-state index is -0.653. The number of pyridine rings is 1. The molecule has 19 heavy (non-hydrogen) atoms. The minimum Gasteiger partial charge on any atom is -0.384 e. The van der Waals surface area contributed by atoms with Crippen LogP contribution in [0.25, 0.3) is 0 Å². The number of rotatable bonds is 6.